The van der Waals surface area contributed by atoms with E-state index in [0.717, 1.165) is 29.7 Å². The zero-order valence-corrected chi connectivity index (χ0v) is 18.9. The number of carbonyl (C=O) groups excluding carboxylic acids is 3. The van der Waals surface area contributed by atoms with Gasteiger partial charge in [0.1, 0.15) is 16.7 Å². The fraction of sp³-hybridized carbons (Fsp3) is 0.417. The van der Waals surface area contributed by atoms with Crippen LogP contribution >= 0.6 is 11.3 Å². The molecule has 2 aliphatic rings. The summed E-state index contributed by atoms with van der Waals surface area (Å²) in [6, 6.07) is 8.78. The molecule has 4 rings (SSSR count). The van der Waals surface area contributed by atoms with E-state index in [2.05, 4.69) is 16.7 Å². The van der Waals surface area contributed by atoms with E-state index in [1.807, 2.05) is 13.8 Å². The van der Waals surface area contributed by atoms with Crippen molar-refractivity contribution in [2.24, 2.45) is 5.92 Å². The van der Waals surface area contributed by atoms with Crippen LogP contribution in [0.3, 0.4) is 0 Å². The van der Waals surface area contributed by atoms with Gasteiger partial charge in [-0.15, -0.1) is 11.3 Å². The highest BCUT2D eigenvalue weighted by atomic mass is 32.1. The molecule has 1 saturated heterocycles. The minimum Gasteiger partial charge on any atom is -0.458 e. The van der Waals surface area contributed by atoms with Gasteiger partial charge in [0, 0.05) is 16.1 Å². The molecule has 2 N–H and O–H groups in total. The molecule has 2 amide bonds. The minimum atomic E-state index is -0.697. The molecule has 166 valence electrons. The Kier molecular flexibility index (Phi) is 6.02. The van der Waals surface area contributed by atoms with Gasteiger partial charge in [-0.3, -0.25) is 14.4 Å². The van der Waals surface area contributed by atoms with Gasteiger partial charge in [-0.25, -0.2) is 0 Å². The summed E-state index contributed by atoms with van der Waals surface area (Å²) in [5.74, 6) is -1.47. The number of benzene rings is 1. The smallest absolute Gasteiger partial charge is 0.307 e. The van der Waals surface area contributed by atoms with Gasteiger partial charge in [-0.2, -0.15) is 5.26 Å². The number of nitriles is 1. The number of hydrogen-bond acceptors (Lipinski definition) is 6. The van der Waals surface area contributed by atoms with Crippen LogP contribution < -0.4 is 10.6 Å². The molecule has 1 atom stereocenters. The predicted octanol–water partition coefficient (Wildman–Crippen LogP) is 4.69. The highest BCUT2D eigenvalue weighted by Gasteiger charge is 2.52. The molecule has 0 unspecified atom stereocenters. The summed E-state index contributed by atoms with van der Waals surface area (Å²) in [6.07, 6.45) is 4.47. The van der Waals surface area contributed by atoms with Gasteiger partial charge in [0.15, 0.2) is 0 Å². The lowest BCUT2D eigenvalue weighted by atomic mass is 9.75. The fourth-order valence-electron chi connectivity index (χ4n) is 4.62. The Hall–Kier alpha value is -3.18. The van der Waals surface area contributed by atoms with E-state index >= 15 is 0 Å². The number of anilines is 2. The molecule has 32 heavy (non-hydrogen) atoms. The Bertz CT molecular complexity index is 1120. The first kappa shape index (κ1) is 22.0. The van der Waals surface area contributed by atoms with Crippen LogP contribution in [0.25, 0.3) is 0 Å². The van der Waals surface area contributed by atoms with Gasteiger partial charge in [0.25, 0.3) is 5.91 Å². The van der Waals surface area contributed by atoms with Crippen LogP contribution in [0, 0.1) is 31.1 Å². The minimum absolute atomic E-state index is 0.0834. The fourth-order valence-corrected chi connectivity index (χ4v) is 5.62. The van der Waals surface area contributed by atoms with Crippen LogP contribution in [0.4, 0.5) is 10.7 Å². The standard InChI is InChI=1S/C24H25N3O4S/c1-14-15(2)32-23(18(14)13-25)27-21(29)16-7-6-8-17(11-16)26-22(30)19-12-20(28)31-24(19)9-4-3-5-10-24/h6-8,11,19H,3-5,9-10,12H2,1-2H3,(H,26,30)(H,27,29)/t19-/m1/s1. The van der Waals surface area contributed by atoms with E-state index in [4.69, 9.17) is 4.74 Å². The van der Waals surface area contributed by atoms with Crippen LogP contribution in [0.5, 0.6) is 0 Å². The maximum atomic E-state index is 13.1. The lowest BCUT2D eigenvalue weighted by molar-refractivity contribution is -0.153. The highest BCUT2D eigenvalue weighted by Crippen LogP contribution is 2.44. The van der Waals surface area contributed by atoms with Crippen LogP contribution in [0.15, 0.2) is 24.3 Å². The van der Waals surface area contributed by atoms with Crippen molar-refractivity contribution in [2.45, 2.75) is 58.0 Å². The maximum absolute atomic E-state index is 13.1. The summed E-state index contributed by atoms with van der Waals surface area (Å²) >= 11 is 1.36. The van der Waals surface area contributed by atoms with Crippen LogP contribution in [0.1, 0.15) is 64.9 Å². The average Bonchev–Trinajstić information content (AvgIpc) is 3.23. The Morgan fingerprint density at radius 3 is 2.66 bits per heavy atom. The molecule has 2 aromatic rings. The first-order valence-corrected chi connectivity index (χ1v) is 11.6. The number of amides is 2. The van der Waals surface area contributed by atoms with Crippen molar-refractivity contribution in [3.05, 3.63) is 45.8 Å². The molecule has 1 aliphatic carbocycles. The number of esters is 1. The number of nitrogens with zero attached hydrogens (tertiary/aromatic N) is 1. The lowest BCUT2D eigenvalue weighted by Gasteiger charge is -2.36. The third-order valence-corrected chi connectivity index (χ3v) is 7.58. The van der Waals surface area contributed by atoms with Gasteiger partial charge in [-0.05, 0) is 63.3 Å². The summed E-state index contributed by atoms with van der Waals surface area (Å²) in [5.41, 5.74) is 1.47. The van der Waals surface area contributed by atoms with E-state index < -0.39 is 11.5 Å². The molecule has 1 spiro atoms. The molecule has 2 heterocycles. The summed E-state index contributed by atoms with van der Waals surface area (Å²) in [7, 11) is 0. The molecule has 7 nitrogen and oxygen atoms in total. The lowest BCUT2D eigenvalue weighted by Crippen LogP contribution is -2.43. The van der Waals surface area contributed by atoms with E-state index in [1.54, 1.807) is 24.3 Å². The molecule has 1 aromatic carbocycles. The molecule has 1 aliphatic heterocycles. The van der Waals surface area contributed by atoms with Crippen molar-refractivity contribution >= 4 is 39.8 Å². The number of thiophene rings is 1. The van der Waals surface area contributed by atoms with Crippen molar-refractivity contribution in [2.75, 3.05) is 10.6 Å². The third-order valence-electron chi connectivity index (χ3n) is 6.46. The molecule has 1 saturated carbocycles. The number of carbonyl (C=O) groups is 3. The number of rotatable bonds is 4. The van der Waals surface area contributed by atoms with E-state index in [-0.39, 0.29) is 24.2 Å². The van der Waals surface area contributed by atoms with Crippen molar-refractivity contribution in [3.8, 4) is 6.07 Å². The predicted molar refractivity (Wildman–Crippen MR) is 122 cm³/mol. The Labute approximate surface area is 190 Å². The number of nitrogens with one attached hydrogen (secondary N) is 2. The average molecular weight is 452 g/mol. The Morgan fingerprint density at radius 1 is 1.19 bits per heavy atom. The maximum Gasteiger partial charge on any atom is 0.307 e. The van der Waals surface area contributed by atoms with Gasteiger partial charge >= 0.3 is 5.97 Å². The third kappa shape index (κ3) is 4.13. The molecule has 1 aromatic heterocycles. The molecular formula is C24H25N3O4S. The number of hydrogen-bond donors (Lipinski definition) is 2. The Morgan fingerprint density at radius 2 is 1.94 bits per heavy atom. The zero-order chi connectivity index (χ0) is 22.9. The summed E-state index contributed by atoms with van der Waals surface area (Å²) in [5, 5.41) is 15.6. The van der Waals surface area contributed by atoms with E-state index in [0.29, 0.717) is 34.7 Å². The monoisotopic (exact) mass is 451 g/mol. The quantitative estimate of drug-likeness (QED) is 0.656. The van der Waals surface area contributed by atoms with Crippen molar-refractivity contribution in [3.63, 3.8) is 0 Å². The van der Waals surface area contributed by atoms with Gasteiger partial charge < -0.3 is 15.4 Å². The number of ether oxygens (including phenoxy) is 1. The first-order valence-electron chi connectivity index (χ1n) is 10.8. The van der Waals surface area contributed by atoms with Crippen molar-refractivity contribution in [1.82, 2.24) is 0 Å². The van der Waals surface area contributed by atoms with E-state index in [9.17, 15) is 19.6 Å². The zero-order valence-electron chi connectivity index (χ0n) is 18.1. The second-order valence-electron chi connectivity index (χ2n) is 8.48. The summed E-state index contributed by atoms with van der Waals surface area (Å²) in [6.45, 7) is 3.76. The van der Waals surface area contributed by atoms with E-state index in [1.165, 1.54) is 11.3 Å². The summed E-state index contributed by atoms with van der Waals surface area (Å²) < 4.78 is 5.63. The van der Waals surface area contributed by atoms with Gasteiger partial charge in [0.2, 0.25) is 5.91 Å². The molecule has 8 heteroatoms. The normalized spacial score (nSPS) is 19.3. The molecule has 2 fully saturated rings. The second kappa shape index (κ2) is 8.75. The van der Waals surface area contributed by atoms with Gasteiger partial charge in [-0.1, -0.05) is 12.5 Å². The van der Waals surface area contributed by atoms with Crippen LogP contribution in [-0.2, 0) is 14.3 Å². The van der Waals surface area contributed by atoms with Crippen LogP contribution in [-0.4, -0.2) is 23.4 Å². The van der Waals surface area contributed by atoms with Gasteiger partial charge in [0.05, 0.1) is 17.9 Å². The van der Waals surface area contributed by atoms with Crippen molar-refractivity contribution < 1.29 is 19.1 Å². The summed E-state index contributed by atoms with van der Waals surface area (Å²) in [4.78, 5) is 38.8. The first-order chi connectivity index (χ1) is 15.3. The number of aryl methyl sites for hydroxylation is 1. The largest absolute Gasteiger partial charge is 0.458 e. The molecule has 0 radical (unpaired) electrons. The van der Waals surface area contributed by atoms with Crippen molar-refractivity contribution in [1.29, 1.82) is 5.26 Å². The second-order valence-corrected chi connectivity index (χ2v) is 9.70. The highest BCUT2D eigenvalue weighted by molar-refractivity contribution is 7.16. The molecular weight excluding hydrogens is 426 g/mol. The molecule has 0 bridgehead atoms. The Balaban J connectivity index is 1.49. The SMILES string of the molecule is Cc1sc(NC(=O)c2cccc(NC(=O)[C@H]3CC(=O)OC34CCCCC4)c2)c(C#N)c1C. The topological polar surface area (TPSA) is 108 Å². The van der Waals surface area contributed by atoms with Crippen LogP contribution in [0.2, 0.25) is 0 Å².